The van der Waals surface area contributed by atoms with Crippen LogP contribution in [0.4, 0.5) is 0 Å². The highest BCUT2D eigenvalue weighted by Gasteiger charge is 2.09. The first-order valence-corrected chi connectivity index (χ1v) is 5.71. The lowest BCUT2D eigenvalue weighted by Gasteiger charge is -2.04. The number of aryl methyl sites for hydroxylation is 1. The molecule has 2 N–H and O–H groups in total. The minimum absolute atomic E-state index is 0.661. The normalized spacial score (nSPS) is 11.1. The Labute approximate surface area is 91.7 Å². The molecule has 1 aromatic heterocycles. The number of hydrogen-bond acceptors (Lipinski definition) is 3. The van der Waals surface area contributed by atoms with Gasteiger partial charge in [0.15, 0.2) is 0 Å². The fraction of sp³-hybridized carbons (Fsp3) is 0.300. The molecule has 0 spiro atoms. The minimum Gasteiger partial charge on any atom is -0.330 e. The summed E-state index contributed by atoms with van der Waals surface area (Å²) in [6, 6.07) is 2.11. The zero-order valence-electron chi connectivity index (χ0n) is 7.88. The van der Waals surface area contributed by atoms with Crippen molar-refractivity contribution in [3.05, 3.63) is 27.7 Å². The van der Waals surface area contributed by atoms with E-state index in [2.05, 4.69) is 11.1 Å². The Morgan fingerprint density at radius 1 is 1.57 bits per heavy atom. The van der Waals surface area contributed by atoms with Crippen LogP contribution >= 0.6 is 22.9 Å². The molecule has 14 heavy (non-hydrogen) atoms. The summed E-state index contributed by atoms with van der Waals surface area (Å²) in [6.07, 6.45) is 0.886. The fourth-order valence-electron chi connectivity index (χ4n) is 1.55. The maximum Gasteiger partial charge on any atom is 0.100 e. The molecule has 2 aromatic rings. The summed E-state index contributed by atoms with van der Waals surface area (Å²) < 4.78 is 1.17. The third-order valence-corrected chi connectivity index (χ3v) is 3.60. The number of thiazole rings is 1. The van der Waals surface area contributed by atoms with Gasteiger partial charge in [0.25, 0.3) is 0 Å². The van der Waals surface area contributed by atoms with E-state index in [9.17, 15) is 0 Å². The number of halogens is 1. The molecule has 0 amide bonds. The number of hydrogen-bond donors (Lipinski definition) is 1. The van der Waals surface area contributed by atoms with Crippen molar-refractivity contribution in [3.8, 4) is 0 Å². The van der Waals surface area contributed by atoms with E-state index < -0.39 is 0 Å². The summed E-state index contributed by atoms with van der Waals surface area (Å²) in [5, 5.41) is 0.766. The Bertz CT molecular complexity index is 464. The van der Waals surface area contributed by atoms with Crippen molar-refractivity contribution in [2.24, 2.45) is 5.73 Å². The van der Waals surface area contributed by atoms with Crippen LogP contribution in [0.3, 0.4) is 0 Å². The molecule has 0 aliphatic heterocycles. The third kappa shape index (κ3) is 1.52. The Morgan fingerprint density at radius 3 is 3.07 bits per heavy atom. The van der Waals surface area contributed by atoms with Gasteiger partial charge in [-0.2, -0.15) is 0 Å². The number of rotatable bonds is 2. The number of nitrogens with zero attached hydrogens (tertiary/aromatic N) is 1. The topological polar surface area (TPSA) is 38.9 Å². The lowest BCUT2D eigenvalue weighted by atomic mass is 10.1. The van der Waals surface area contributed by atoms with Gasteiger partial charge in [0.1, 0.15) is 5.52 Å². The predicted octanol–water partition coefficient (Wildman–Crippen LogP) is 2.76. The summed E-state index contributed by atoms with van der Waals surface area (Å²) in [5.41, 5.74) is 10.6. The molecule has 0 bridgehead atoms. The van der Waals surface area contributed by atoms with Gasteiger partial charge in [0.2, 0.25) is 0 Å². The molecular formula is C10H11ClN2S. The Hall–Kier alpha value is -0.640. The number of benzene rings is 1. The number of nitrogens with two attached hydrogens (primary N) is 1. The standard InChI is InChI=1S/C10H11ClN2S/c1-6-4-7(2-3-12)10-9(8(6)11)13-5-14-10/h4-5H,2-3,12H2,1H3. The average molecular weight is 227 g/mol. The second-order valence-corrected chi connectivity index (χ2v) is 4.47. The van der Waals surface area contributed by atoms with Gasteiger partial charge in [0.05, 0.1) is 15.2 Å². The molecule has 0 aliphatic carbocycles. The van der Waals surface area contributed by atoms with Crippen LogP contribution < -0.4 is 5.73 Å². The first kappa shape index (κ1) is 9.90. The van der Waals surface area contributed by atoms with E-state index in [-0.39, 0.29) is 0 Å². The first-order valence-electron chi connectivity index (χ1n) is 4.45. The third-order valence-electron chi connectivity index (χ3n) is 2.22. The van der Waals surface area contributed by atoms with Crippen LogP contribution in [0.1, 0.15) is 11.1 Å². The van der Waals surface area contributed by atoms with E-state index in [1.54, 1.807) is 11.3 Å². The van der Waals surface area contributed by atoms with E-state index in [1.807, 2.05) is 12.4 Å². The molecule has 0 fully saturated rings. The highest BCUT2D eigenvalue weighted by molar-refractivity contribution is 7.17. The maximum absolute atomic E-state index is 6.15. The largest absolute Gasteiger partial charge is 0.330 e. The molecule has 4 heteroatoms. The molecular weight excluding hydrogens is 216 g/mol. The molecule has 0 atom stereocenters. The summed E-state index contributed by atoms with van der Waals surface area (Å²) in [6.45, 7) is 2.66. The van der Waals surface area contributed by atoms with Gasteiger partial charge in [-0.15, -0.1) is 11.3 Å². The van der Waals surface area contributed by atoms with Crippen LogP contribution in [-0.4, -0.2) is 11.5 Å². The highest BCUT2D eigenvalue weighted by atomic mass is 35.5. The van der Waals surface area contributed by atoms with Gasteiger partial charge in [-0.1, -0.05) is 17.7 Å². The average Bonchev–Trinajstić information content (AvgIpc) is 2.63. The second-order valence-electron chi connectivity index (χ2n) is 3.24. The maximum atomic E-state index is 6.15. The van der Waals surface area contributed by atoms with Gasteiger partial charge in [-0.3, -0.25) is 0 Å². The zero-order chi connectivity index (χ0) is 10.1. The van der Waals surface area contributed by atoms with Crippen LogP contribution in [0.5, 0.6) is 0 Å². The van der Waals surface area contributed by atoms with E-state index in [0.29, 0.717) is 6.54 Å². The first-order chi connectivity index (χ1) is 6.74. The number of fused-ring (bicyclic) bond motifs is 1. The number of aromatic nitrogens is 1. The molecule has 0 saturated heterocycles. The second kappa shape index (κ2) is 3.85. The lowest BCUT2D eigenvalue weighted by Crippen LogP contribution is -2.03. The van der Waals surface area contributed by atoms with Gasteiger partial charge in [-0.25, -0.2) is 4.98 Å². The van der Waals surface area contributed by atoms with Crippen molar-refractivity contribution in [1.29, 1.82) is 0 Å². The smallest absolute Gasteiger partial charge is 0.100 e. The summed E-state index contributed by atoms with van der Waals surface area (Å²) >= 11 is 7.78. The predicted molar refractivity (Wildman–Crippen MR) is 62.1 cm³/mol. The molecule has 74 valence electrons. The molecule has 2 rings (SSSR count). The summed E-state index contributed by atoms with van der Waals surface area (Å²) in [5.74, 6) is 0. The van der Waals surface area contributed by atoms with Crippen LogP contribution in [0.25, 0.3) is 10.2 Å². The Morgan fingerprint density at radius 2 is 2.36 bits per heavy atom. The van der Waals surface area contributed by atoms with Crippen molar-refractivity contribution in [2.75, 3.05) is 6.54 Å². The Balaban J connectivity index is 2.71. The molecule has 0 unspecified atom stereocenters. The molecule has 2 nitrogen and oxygen atoms in total. The minimum atomic E-state index is 0.661. The SMILES string of the molecule is Cc1cc(CCN)c2scnc2c1Cl. The van der Waals surface area contributed by atoms with Gasteiger partial charge in [-0.05, 0) is 31.0 Å². The van der Waals surface area contributed by atoms with Crippen molar-refractivity contribution >= 4 is 33.2 Å². The van der Waals surface area contributed by atoms with E-state index in [4.69, 9.17) is 17.3 Å². The molecule has 1 aromatic carbocycles. The van der Waals surface area contributed by atoms with Crippen LogP contribution in [0.15, 0.2) is 11.6 Å². The van der Waals surface area contributed by atoms with Crippen molar-refractivity contribution < 1.29 is 0 Å². The fourth-order valence-corrected chi connectivity index (χ4v) is 2.64. The monoisotopic (exact) mass is 226 g/mol. The quantitative estimate of drug-likeness (QED) is 0.855. The van der Waals surface area contributed by atoms with Crippen LogP contribution in [-0.2, 0) is 6.42 Å². The van der Waals surface area contributed by atoms with Crippen molar-refractivity contribution in [3.63, 3.8) is 0 Å². The molecule has 0 radical (unpaired) electrons. The van der Waals surface area contributed by atoms with Gasteiger partial charge in [0, 0.05) is 0 Å². The van der Waals surface area contributed by atoms with Crippen molar-refractivity contribution in [2.45, 2.75) is 13.3 Å². The van der Waals surface area contributed by atoms with E-state index in [0.717, 1.165) is 22.5 Å². The Kier molecular flexibility index (Phi) is 2.72. The molecule has 1 heterocycles. The van der Waals surface area contributed by atoms with Gasteiger partial charge >= 0.3 is 0 Å². The van der Waals surface area contributed by atoms with Crippen LogP contribution in [0.2, 0.25) is 5.02 Å². The lowest BCUT2D eigenvalue weighted by molar-refractivity contribution is 0.977. The molecule has 0 saturated carbocycles. The van der Waals surface area contributed by atoms with E-state index >= 15 is 0 Å². The molecule has 0 aliphatic rings. The summed E-state index contributed by atoms with van der Waals surface area (Å²) in [7, 11) is 0. The van der Waals surface area contributed by atoms with Crippen LogP contribution in [0, 0.1) is 6.92 Å². The highest BCUT2D eigenvalue weighted by Crippen LogP contribution is 2.31. The van der Waals surface area contributed by atoms with Crippen molar-refractivity contribution in [1.82, 2.24) is 4.98 Å². The summed E-state index contributed by atoms with van der Waals surface area (Å²) in [4.78, 5) is 4.27. The van der Waals surface area contributed by atoms with E-state index in [1.165, 1.54) is 10.3 Å². The van der Waals surface area contributed by atoms with Gasteiger partial charge < -0.3 is 5.73 Å². The zero-order valence-corrected chi connectivity index (χ0v) is 9.45.